The van der Waals surface area contributed by atoms with Gasteiger partial charge in [-0.05, 0) is 28.2 Å². The number of carbonyl (C=O) groups excluding carboxylic acids is 1. The molecule has 0 fully saturated rings. The van der Waals surface area contributed by atoms with Gasteiger partial charge in [-0.25, -0.2) is 0 Å². The molecular weight excluding hydrogens is 280 g/mol. The minimum absolute atomic E-state index is 0.0360. The van der Waals surface area contributed by atoms with Crippen LogP contribution in [0.5, 0.6) is 0 Å². The van der Waals surface area contributed by atoms with Gasteiger partial charge in [-0.1, -0.05) is 93.6 Å². The molecule has 0 aliphatic heterocycles. The Kier molecular flexibility index (Phi) is 3.81. The van der Waals surface area contributed by atoms with Crippen LogP contribution < -0.4 is 0 Å². The quantitative estimate of drug-likeness (QED) is 0.755. The lowest BCUT2D eigenvalue weighted by molar-refractivity contribution is -0.117. The molecule has 0 amide bonds. The average molecular weight is 302 g/mol. The monoisotopic (exact) mass is 302 g/mol. The highest BCUT2D eigenvalue weighted by Crippen LogP contribution is 2.41. The molecule has 0 atom stereocenters. The number of allylic oxidation sites excluding steroid dienone is 4. The zero-order valence-electron chi connectivity index (χ0n) is 13.9. The van der Waals surface area contributed by atoms with E-state index in [0.717, 1.165) is 16.7 Å². The van der Waals surface area contributed by atoms with Gasteiger partial charge in [-0.2, -0.15) is 0 Å². The lowest BCUT2D eigenvalue weighted by Crippen LogP contribution is -2.36. The predicted octanol–water partition coefficient (Wildman–Crippen LogP) is 5.08. The highest BCUT2D eigenvalue weighted by atomic mass is 16.1. The maximum atomic E-state index is 13.2. The van der Waals surface area contributed by atoms with Gasteiger partial charge in [0.15, 0.2) is 5.78 Å². The van der Waals surface area contributed by atoms with E-state index in [1.165, 1.54) is 0 Å². The van der Waals surface area contributed by atoms with E-state index in [0.29, 0.717) is 0 Å². The Morgan fingerprint density at radius 3 is 1.65 bits per heavy atom. The molecule has 2 aromatic rings. The molecule has 1 aliphatic rings. The fourth-order valence-electron chi connectivity index (χ4n) is 3.11. The maximum Gasteiger partial charge on any atom is 0.174 e. The van der Waals surface area contributed by atoms with Gasteiger partial charge in [0.1, 0.15) is 5.41 Å². The molecule has 116 valence electrons. The van der Waals surface area contributed by atoms with Gasteiger partial charge < -0.3 is 0 Å². The summed E-state index contributed by atoms with van der Waals surface area (Å²) < 4.78 is 0. The summed E-state index contributed by atoms with van der Waals surface area (Å²) in [5.41, 5.74) is 2.33. The van der Waals surface area contributed by atoms with Gasteiger partial charge in [-0.3, -0.25) is 4.79 Å². The van der Waals surface area contributed by atoms with Gasteiger partial charge in [0, 0.05) is 0 Å². The highest BCUT2D eigenvalue weighted by molar-refractivity contribution is 6.05. The van der Waals surface area contributed by atoms with Crippen molar-refractivity contribution in [2.75, 3.05) is 0 Å². The van der Waals surface area contributed by atoms with Crippen molar-refractivity contribution >= 4 is 5.78 Å². The SMILES string of the molecule is CC(C)(C)C1=CC(=O)C(c2ccccc2)(c2ccccc2)C=C1. The number of ketones is 1. The second-order valence-electron chi connectivity index (χ2n) is 7.09. The summed E-state index contributed by atoms with van der Waals surface area (Å²) in [5, 5.41) is 0. The van der Waals surface area contributed by atoms with Crippen LogP contribution in [-0.2, 0) is 10.2 Å². The molecule has 23 heavy (non-hydrogen) atoms. The fraction of sp³-hybridized carbons (Fsp3) is 0.227. The Balaban J connectivity index is 2.20. The molecule has 2 aromatic carbocycles. The second-order valence-corrected chi connectivity index (χ2v) is 7.09. The van der Waals surface area contributed by atoms with Crippen molar-refractivity contribution in [3.63, 3.8) is 0 Å². The number of rotatable bonds is 2. The predicted molar refractivity (Wildman–Crippen MR) is 95.3 cm³/mol. The molecule has 0 aromatic heterocycles. The largest absolute Gasteiger partial charge is 0.293 e. The molecule has 0 bridgehead atoms. The van der Waals surface area contributed by atoms with E-state index in [1.54, 1.807) is 0 Å². The first kappa shape index (κ1) is 15.5. The lowest BCUT2D eigenvalue weighted by Gasteiger charge is -2.34. The van der Waals surface area contributed by atoms with Gasteiger partial charge >= 0.3 is 0 Å². The highest BCUT2D eigenvalue weighted by Gasteiger charge is 2.40. The fourth-order valence-corrected chi connectivity index (χ4v) is 3.11. The smallest absolute Gasteiger partial charge is 0.174 e. The number of carbonyl (C=O) groups is 1. The van der Waals surface area contributed by atoms with Gasteiger partial charge in [0.25, 0.3) is 0 Å². The molecule has 0 saturated heterocycles. The van der Waals surface area contributed by atoms with Crippen LogP contribution in [0, 0.1) is 5.41 Å². The van der Waals surface area contributed by atoms with Gasteiger partial charge in [0.2, 0.25) is 0 Å². The van der Waals surface area contributed by atoms with Crippen molar-refractivity contribution in [1.29, 1.82) is 0 Å². The zero-order valence-corrected chi connectivity index (χ0v) is 13.9. The molecule has 0 heterocycles. The van der Waals surface area contributed by atoms with E-state index in [1.807, 2.05) is 66.7 Å². The van der Waals surface area contributed by atoms with Crippen LogP contribution in [-0.4, -0.2) is 5.78 Å². The molecule has 0 spiro atoms. The number of benzene rings is 2. The first-order valence-electron chi connectivity index (χ1n) is 8.01. The molecule has 0 radical (unpaired) electrons. The Labute approximate surface area is 138 Å². The third-order valence-corrected chi connectivity index (χ3v) is 4.51. The van der Waals surface area contributed by atoms with E-state index < -0.39 is 5.41 Å². The molecule has 3 rings (SSSR count). The number of hydrogen-bond acceptors (Lipinski definition) is 1. The molecule has 1 nitrogen and oxygen atoms in total. The third-order valence-electron chi connectivity index (χ3n) is 4.51. The third kappa shape index (κ3) is 2.68. The number of hydrogen-bond donors (Lipinski definition) is 0. The molecule has 0 unspecified atom stereocenters. The van der Waals surface area contributed by atoms with E-state index >= 15 is 0 Å². The summed E-state index contributed by atoms with van der Waals surface area (Å²) in [5.74, 6) is 0.127. The summed E-state index contributed by atoms with van der Waals surface area (Å²) >= 11 is 0. The van der Waals surface area contributed by atoms with E-state index in [-0.39, 0.29) is 11.2 Å². The van der Waals surface area contributed by atoms with Crippen LogP contribution in [0.15, 0.2) is 84.5 Å². The van der Waals surface area contributed by atoms with Crippen molar-refractivity contribution in [3.05, 3.63) is 95.6 Å². The zero-order chi connectivity index (χ0) is 16.5. The lowest BCUT2D eigenvalue weighted by atomic mass is 9.67. The van der Waals surface area contributed by atoms with Gasteiger partial charge in [0.05, 0.1) is 0 Å². The van der Waals surface area contributed by atoms with Crippen LogP contribution in [0.4, 0.5) is 0 Å². The minimum atomic E-state index is -0.725. The Hall–Kier alpha value is -2.41. The molecule has 1 aliphatic carbocycles. The molecule has 1 heteroatoms. The summed E-state index contributed by atoms with van der Waals surface area (Å²) in [6.07, 6.45) is 6.00. The Morgan fingerprint density at radius 1 is 0.783 bits per heavy atom. The molecule has 0 N–H and O–H groups in total. The van der Waals surface area contributed by atoms with E-state index in [4.69, 9.17) is 0 Å². The van der Waals surface area contributed by atoms with Crippen molar-refractivity contribution in [2.24, 2.45) is 5.41 Å². The topological polar surface area (TPSA) is 17.1 Å². The first-order chi connectivity index (χ1) is 10.9. The minimum Gasteiger partial charge on any atom is -0.293 e. The Bertz CT molecular complexity index is 719. The van der Waals surface area contributed by atoms with Crippen molar-refractivity contribution in [3.8, 4) is 0 Å². The second kappa shape index (κ2) is 5.66. The van der Waals surface area contributed by atoms with Crippen LogP contribution in [0.25, 0.3) is 0 Å². The Morgan fingerprint density at radius 2 is 1.26 bits per heavy atom. The standard InChI is InChI=1S/C22H22O/c1-21(2,3)19-14-15-22(20(23)16-19,17-10-6-4-7-11-17)18-12-8-5-9-13-18/h4-16H,1-3H3. The summed E-state index contributed by atoms with van der Waals surface area (Å²) in [6, 6.07) is 20.1. The van der Waals surface area contributed by atoms with Crippen LogP contribution in [0.1, 0.15) is 31.9 Å². The van der Waals surface area contributed by atoms with Crippen LogP contribution >= 0.6 is 0 Å². The average Bonchev–Trinajstić information content (AvgIpc) is 2.56. The summed E-state index contributed by atoms with van der Waals surface area (Å²) in [4.78, 5) is 13.2. The normalized spacial score (nSPS) is 17.0. The summed E-state index contributed by atoms with van der Waals surface area (Å²) in [7, 11) is 0. The molecule has 0 saturated carbocycles. The summed E-state index contributed by atoms with van der Waals surface area (Å²) in [6.45, 7) is 6.40. The van der Waals surface area contributed by atoms with Crippen molar-refractivity contribution in [2.45, 2.75) is 26.2 Å². The van der Waals surface area contributed by atoms with Crippen LogP contribution in [0.2, 0.25) is 0 Å². The van der Waals surface area contributed by atoms with E-state index in [2.05, 4.69) is 32.9 Å². The van der Waals surface area contributed by atoms with Crippen LogP contribution in [0.3, 0.4) is 0 Å². The van der Waals surface area contributed by atoms with Crippen molar-refractivity contribution < 1.29 is 4.79 Å². The first-order valence-corrected chi connectivity index (χ1v) is 8.01. The van der Waals surface area contributed by atoms with E-state index in [9.17, 15) is 4.79 Å². The maximum absolute atomic E-state index is 13.2. The van der Waals surface area contributed by atoms with Gasteiger partial charge in [-0.15, -0.1) is 0 Å². The molecular formula is C22H22O. The van der Waals surface area contributed by atoms with Crippen molar-refractivity contribution in [1.82, 2.24) is 0 Å².